The predicted molar refractivity (Wildman–Crippen MR) is 119 cm³/mol. The lowest BCUT2D eigenvalue weighted by atomic mass is 9.87. The number of nitrogens with zero attached hydrogens (tertiary/aromatic N) is 1. The topological polar surface area (TPSA) is 196 Å². The van der Waals surface area contributed by atoms with Gasteiger partial charge in [-0.3, -0.25) is 24.0 Å². The molecule has 6 N–H and O–H groups in total. The molecule has 0 radical (unpaired) electrons. The zero-order valence-corrected chi connectivity index (χ0v) is 19.6. The van der Waals surface area contributed by atoms with Gasteiger partial charge in [0, 0.05) is 25.3 Å². The summed E-state index contributed by atoms with van der Waals surface area (Å²) < 4.78 is 0. The third-order valence-corrected chi connectivity index (χ3v) is 6.41. The Morgan fingerprint density at radius 3 is 2.24 bits per heavy atom. The maximum atomic E-state index is 12.4. The first-order chi connectivity index (χ1) is 15.4. The molecule has 2 atom stereocenters. The molecule has 1 saturated carbocycles. The maximum absolute atomic E-state index is 12.4. The van der Waals surface area contributed by atoms with Crippen LogP contribution < -0.4 is 16.4 Å². The van der Waals surface area contributed by atoms with Crippen molar-refractivity contribution < 1.29 is 39.0 Å². The lowest BCUT2D eigenvalue weighted by Crippen LogP contribution is -2.50. The van der Waals surface area contributed by atoms with E-state index in [2.05, 4.69) is 17.6 Å². The van der Waals surface area contributed by atoms with Crippen LogP contribution in [-0.4, -0.2) is 87.4 Å². The zero-order valence-electron chi connectivity index (χ0n) is 18.7. The molecule has 0 spiro atoms. The summed E-state index contributed by atoms with van der Waals surface area (Å²) in [5.41, 5.74) is 5.35. The number of hydrogen-bond acceptors (Lipinski definition) is 8. The molecular weight excluding hydrogens is 456 g/mol. The lowest BCUT2D eigenvalue weighted by Gasteiger charge is -2.26. The van der Waals surface area contributed by atoms with Crippen molar-refractivity contribution in [3.63, 3.8) is 0 Å². The van der Waals surface area contributed by atoms with Crippen LogP contribution in [0, 0.1) is 5.92 Å². The van der Waals surface area contributed by atoms with Gasteiger partial charge in [0.15, 0.2) is 0 Å². The van der Waals surface area contributed by atoms with E-state index in [9.17, 15) is 28.8 Å². The quantitative estimate of drug-likeness (QED) is 0.229. The van der Waals surface area contributed by atoms with E-state index in [0.717, 1.165) is 44.5 Å². The van der Waals surface area contributed by atoms with Crippen LogP contribution in [0.5, 0.6) is 0 Å². The second-order valence-electron chi connectivity index (χ2n) is 8.15. The molecule has 0 heterocycles. The number of carbonyl (C=O) groups excluding carboxylic acids is 4. The molecule has 0 aromatic rings. The van der Waals surface area contributed by atoms with Crippen LogP contribution >= 0.6 is 11.8 Å². The minimum Gasteiger partial charge on any atom is -0.480 e. The second kappa shape index (κ2) is 13.8. The number of amides is 4. The summed E-state index contributed by atoms with van der Waals surface area (Å²) in [7, 11) is 1.01. The smallest absolute Gasteiger partial charge is 0.413 e. The van der Waals surface area contributed by atoms with Gasteiger partial charge >= 0.3 is 12.1 Å². The summed E-state index contributed by atoms with van der Waals surface area (Å²) in [5.74, 6) is -4.12. The predicted octanol–water partition coefficient (Wildman–Crippen LogP) is -0.203. The number of carboxylic acids is 1. The fraction of sp³-hybridized carbons (Fsp3) is 0.700. The molecule has 4 amide bonds. The summed E-state index contributed by atoms with van der Waals surface area (Å²) in [6, 6.07) is -2.59. The van der Waals surface area contributed by atoms with Gasteiger partial charge in [-0.2, -0.15) is 11.8 Å². The third kappa shape index (κ3) is 10.2. The number of ketones is 1. The Kier molecular flexibility index (Phi) is 11.8. The molecular formula is C20H32N4O8S. The Balaban J connectivity index is 2.60. The Labute approximate surface area is 196 Å². The van der Waals surface area contributed by atoms with Crippen molar-refractivity contribution in [2.75, 3.05) is 18.6 Å². The molecule has 33 heavy (non-hydrogen) atoms. The van der Waals surface area contributed by atoms with Crippen LogP contribution in [0.1, 0.15) is 45.4 Å². The van der Waals surface area contributed by atoms with Crippen LogP contribution in [0.15, 0.2) is 0 Å². The lowest BCUT2D eigenvalue weighted by molar-refractivity contribution is -0.139. The number of hydrogen-bond donors (Lipinski definition) is 5. The van der Waals surface area contributed by atoms with Crippen molar-refractivity contribution in [2.45, 2.75) is 63.6 Å². The molecule has 1 aliphatic rings. The Hall–Kier alpha value is -2.67. The van der Waals surface area contributed by atoms with Crippen LogP contribution in [0.25, 0.3) is 0 Å². The van der Waals surface area contributed by atoms with Gasteiger partial charge in [0.1, 0.15) is 12.1 Å². The molecule has 12 nitrogen and oxygen atoms in total. The fourth-order valence-corrected chi connectivity index (χ4v) is 4.08. The van der Waals surface area contributed by atoms with Gasteiger partial charge in [0.05, 0.1) is 5.75 Å². The maximum Gasteiger partial charge on any atom is 0.413 e. The van der Waals surface area contributed by atoms with Crippen molar-refractivity contribution in [3.05, 3.63) is 0 Å². The highest BCUT2D eigenvalue weighted by Gasteiger charge is 2.29. The van der Waals surface area contributed by atoms with E-state index in [1.807, 2.05) is 0 Å². The highest BCUT2D eigenvalue weighted by atomic mass is 32.2. The average molecular weight is 489 g/mol. The normalized spacial score (nSPS) is 19.6. The van der Waals surface area contributed by atoms with Gasteiger partial charge in [-0.1, -0.05) is 6.92 Å². The highest BCUT2D eigenvalue weighted by molar-refractivity contribution is 8.00. The molecule has 186 valence electrons. The van der Waals surface area contributed by atoms with Gasteiger partial charge in [-0.15, -0.1) is 0 Å². The number of aliphatic carboxylic acids is 1. The summed E-state index contributed by atoms with van der Waals surface area (Å²) in [5, 5.41) is 22.9. The van der Waals surface area contributed by atoms with Crippen molar-refractivity contribution in [1.29, 1.82) is 0 Å². The molecule has 0 aromatic heterocycles. The van der Waals surface area contributed by atoms with Crippen LogP contribution in [0.2, 0.25) is 0 Å². The molecule has 1 rings (SSSR count). The molecule has 0 aliphatic heterocycles. The monoisotopic (exact) mass is 488 g/mol. The zero-order chi connectivity index (χ0) is 25.1. The van der Waals surface area contributed by atoms with E-state index in [0.29, 0.717) is 10.8 Å². The first-order valence-corrected chi connectivity index (χ1v) is 11.8. The van der Waals surface area contributed by atoms with E-state index in [1.54, 1.807) is 0 Å². The minimum absolute atomic E-state index is 0.0438. The number of rotatable bonds is 12. The van der Waals surface area contributed by atoms with Crippen molar-refractivity contribution >= 4 is 47.3 Å². The van der Waals surface area contributed by atoms with Gasteiger partial charge in [-0.05, 0) is 38.0 Å². The minimum atomic E-state index is -1.53. The SMILES string of the molecule is CC1CCC(NC(=O)C(=O)CSCC(NC(=O)CCC(N)C(=O)O)C(=O)N(C)C(=O)O)CC1. The first kappa shape index (κ1) is 28.4. The second-order valence-corrected chi connectivity index (χ2v) is 9.18. The Bertz CT molecular complexity index is 754. The molecule has 13 heteroatoms. The number of Topliss-reactive ketones (excluding diaryl/α,β-unsaturated/α-hetero) is 1. The summed E-state index contributed by atoms with van der Waals surface area (Å²) >= 11 is 0.905. The summed E-state index contributed by atoms with van der Waals surface area (Å²) in [6.45, 7) is 2.14. The van der Waals surface area contributed by atoms with Crippen molar-refractivity contribution in [1.82, 2.24) is 15.5 Å². The van der Waals surface area contributed by atoms with E-state index >= 15 is 0 Å². The van der Waals surface area contributed by atoms with Gasteiger partial charge in [0.2, 0.25) is 11.7 Å². The standard InChI is InChI=1S/C20H32N4O8S/c1-11-3-5-12(6-4-11)22-17(27)15(25)10-33-9-14(18(28)24(2)20(31)32)23-16(26)8-7-13(21)19(29)30/h11-14H,3-10,21H2,1-2H3,(H,22,27)(H,23,26)(H,29,30)(H,31,32). The molecule has 0 aromatic carbocycles. The number of likely N-dealkylation sites (N-methyl/N-ethyl adjacent to an activating group) is 1. The average Bonchev–Trinajstić information content (AvgIpc) is 2.76. The number of thioether (sulfide) groups is 1. The molecule has 0 bridgehead atoms. The van der Waals surface area contributed by atoms with Crippen LogP contribution in [-0.2, 0) is 24.0 Å². The number of carbonyl (C=O) groups is 6. The number of nitrogens with one attached hydrogen (secondary N) is 2. The molecule has 1 aliphatic carbocycles. The van der Waals surface area contributed by atoms with E-state index in [1.165, 1.54) is 0 Å². The Morgan fingerprint density at radius 2 is 1.70 bits per heavy atom. The fourth-order valence-electron chi connectivity index (χ4n) is 3.18. The summed E-state index contributed by atoms with van der Waals surface area (Å²) in [4.78, 5) is 71.0. The van der Waals surface area contributed by atoms with Crippen LogP contribution in [0.3, 0.4) is 0 Å². The van der Waals surface area contributed by atoms with Crippen LogP contribution in [0.4, 0.5) is 4.79 Å². The van der Waals surface area contributed by atoms with Gasteiger partial charge in [0.25, 0.3) is 11.8 Å². The molecule has 0 saturated heterocycles. The highest BCUT2D eigenvalue weighted by Crippen LogP contribution is 2.23. The van der Waals surface area contributed by atoms with Gasteiger partial charge in [-0.25, -0.2) is 9.69 Å². The van der Waals surface area contributed by atoms with E-state index in [-0.39, 0.29) is 30.4 Å². The first-order valence-electron chi connectivity index (χ1n) is 10.6. The largest absolute Gasteiger partial charge is 0.480 e. The number of carboxylic acid groups (broad SMARTS) is 2. The number of nitrogens with two attached hydrogens (primary N) is 1. The van der Waals surface area contributed by atoms with E-state index < -0.39 is 47.7 Å². The molecule has 1 fully saturated rings. The van der Waals surface area contributed by atoms with Gasteiger partial charge < -0.3 is 26.6 Å². The van der Waals surface area contributed by atoms with Crippen molar-refractivity contribution in [3.8, 4) is 0 Å². The Morgan fingerprint density at radius 1 is 1.09 bits per heavy atom. The summed E-state index contributed by atoms with van der Waals surface area (Å²) in [6.07, 6.45) is 1.57. The molecule has 2 unspecified atom stereocenters. The third-order valence-electron chi connectivity index (χ3n) is 5.37. The number of imide groups is 1. The van der Waals surface area contributed by atoms with Crippen molar-refractivity contribution in [2.24, 2.45) is 11.7 Å². The van der Waals surface area contributed by atoms with E-state index in [4.69, 9.17) is 15.9 Å².